The number of benzene rings is 1. The maximum absolute atomic E-state index is 12.3. The molecule has 17 heavy (non-hydrogen) atoms. The molecule has 0 aliphatic carbocycles. The van der Waals surface area contributed by atoms with Crippen molar-refractivity contribution in [2.24, 2.45) is 0 Å². The topological polar surface area (TPSA) is 55.6 Å². The van der Waals surface area contributed by atoms with Gasteiger partial charge in [0.2, 0.25) is 0 Å². The molecule has 1 heterocycles. The van der Waals surface area contributed by atoms with E-state index < -0.39 is 0 Å². The molecule has 1 fully saturated rings. The van der Waals surface area contributed by atoms with Gasteiger partial charge in [0.1, 0.15) is 0 Å². The quantitative estimate of drug-likeness (QED) is 0.788. The van der Waals surface area contributed by atoms with E-state index in [0.29, 0.717) is 17.8 Å². The van der Waals surface area contributed by atoms with Gasteiger partial charge < -0.3 is 15.4 Å². The van der Waals surface area contributed by atoms with Crippen LogP contribution in [0.25, 0.3) is 0 Å². The molecule has 1 aliphatic heterocycles. The molecule has 0 bridgehead atoms. The monoisotopic (exact) mass is 234 g/mol. The number of amides is 1. The Morgan fingerprint density at radius 3 is 2.94 bits per heavy atom. The Balaban J connectivity index is 2.17. The molecule has 1 unspecified atom stereocenters. The van der Waals surface area contributed by atoms with E-state index >= 15 is 0 Å². The van der Waals surface area contributed by atoms with Crippen molar-refractivity contribution in [3.8, 4) is 0 Å². The fraction of sp³-hybridized carbons (Fsp3) is 0.462. The van der Waals surface area contributed by atoms with Gasteiger partial charge in [-0.05, 0) is 31.0 Å². The zero-order valence-electron chi connectivity index (χ0n) is 10.3. The van der Waals surface area contributed by atoms with Crippen LogP contribution in [0.15, 0.2) is 18.2 Å². The molecule has 1 aromatic carbocycles. The first kappa shape index (κ1) is 11.9. The predicted octanol–water partition coefficient (Wildman–Crippen LogP) is 1.44. The highest BCUT2D eigenvalue weighted by molar-refractivity contribution is 5.96. The average molecular weight is 234 g/mol. The molecule has 4 heteroatoms. The molecule has 4 nitrogen and oxygen atoms in total. The summed E-state index contributed by atoms with van der Waals surface area (Å²) < 4.78 is 5.26. The Morgan fingerprint density at radius 2 is 2.29 bits per heavy atom. The molecule has 2 N–H and O–H groups in total. The van der Waals surface area contributed by atoms with E-state index in [-0.39, 0.29) is 12.0 Å². The summed E-state index contributed by atoms with van der Waals surface area (Å²) in [6, 6.07) is 5.44. The highest BCUT2D eigenvalue weighted by atomic mass is 16.5. The molecule has 1 atom stereocenters. The van der Waals surface area contributed by atoms with Gasteiger partial charge in [-0.15, -0.1) is 0 Å². The van der Waals surface area contributed by atoms with Gasteiger partial charge >= 0.3 is 0 Å². The van der Waals surface area contributed by atoms with E-state index in [1.807, 2.05) is 24.0 Å². The first-order valence-electron chi connectivity index (χ1n) is 5.80. The summed E-state index contributed by atoms with van der Waals surface area (Å²) in [4.78, 5) is 14.1. The van der Waals surface area contributed by atoms with Crippen molar-refractivity contribution in [2.75, 3.05) is 25.9 Å². The summed E-state index contributed by atoms with van der Waals surface area (Å²) in [6.07, 6.45) is 1.07. The summed E-state index contributed by atoms with van der Waals surface area (Å²) in [6.45, 7) is 3.35. The number of hydrogen-bond donors (Lipinski definition) is 1. The molecule has 0 radical (unpaired) electrons. The predicted molar refractivity (Wildman–Crippen MR) is 66.9 cm³/mol. The largest absolute Gasteiger partial charge is 0.399 e. The molecule has 92 valence electrons. The van der Waals surface area contributed by atoms with Gasteiger partial charge in [0.15, 0.2) is 0 Å². The minimum Gasteiger partial charge on any atom is -0.399 e. The van der Waals surface area contributed by atoms with Gasteiger partial charge in [-0.1, -0.05) is 6.07 Å². The maximum Gasteiger partial charge on any atom is 0.254 e. The lowest BCUT2D eigenvalue weighted by atomic mass is 10.1. The van der Waals surface area contributed by atoms with Crippen LogP contribution >= 0.6 is 0 Å². The minimum atomic E-state index is 0.0503. The van der Waals surface area contributed by atoms with Crippen LogP contribution in [0.3, 0.4) is 0 Å². The highest BCUT2D eigenvalue weighted by Crippen LogP contribution is 2.19. The first-order valence-corrected chi connectivity index (χ1v) is 5.80. The molecule has 0 aromatic heterocycles. The maximum atomic E-state index is 12.3. The fourth-order valence-corrected chi connectivity index (χ4v) is 2.15. The second-order valence-electron chi connectivity index (χ2n) is 4.47. The molecule has 1 aliphatic rings. The molecule has 2 rings (SSSR count). The van der Waals surface area contributed by atoms with Crippen LogP contribution in [0.4, 0.5) is 5.69 Å². The highest BCUT2D eigenvalue weighted by Gasteiger charge is 2.27. The lowest BCUT2D eigenvalue weighted by Crippen LogP contribution is -2.30. The third-order valence-electron chi connectivity index (χ3n) is 3.26. The SMILES string of the molecule is COC1CCN(C(=O)c2cc(N)ccc2C)C1. The summed E-state index contributed by atoms with van der Waals surface area (Å²) in [5, 5.41) is 0. The Bertz CT molecular complexity index is 431. The van der Waals surface area contributed by atoms with Gasteiger partial charge in [-0.2, -0.15) is 0 Å². The average Bonchev–Trinajstić information content (AvgIpc) is 2.80. The number of anilines is 1. The first-order chi connectivity index (χ1) is 8.11. The molecule has 1 aromatic rings. The molecule has 0 saturated carbocycles. The van der Waals surface area contributed by atoms with Crippen LogP contribution in [-0.2, 0) is 4.74 Å². The van der Waals surface area contributed by atoms with Crippen LogP contribution in [0.5, 0.6) is 0 Å². The van der Waals surface area contributed by atoms with Crippen LogP contribution in [0, 0.1) is 6.92 Å². The van der Waals surface area contributed by atoms with Gasteiger partial charge in [-0.25, -0.2) is 0 Å². The smallest absolute Gasteiger partial charge is 0.254 e. The van der Waals surface area contributed by atoms with E-state index in [0.717, 1.165) is 18.5 Å². The summed E-state index contributed by atoms with van der Waals surface area (Å²) in [5.74, 6) is 0.0503. The van der Waals surface area contributed by atoms with Crippen molar-refractivity contribution in [2.45, 2.75) is 19.4 Å². The number of carbonyl (C=O) groups excluding carboxylic acids is 1. The molecule has 1 amide bonds. The second-order valence-corrected chi connectivity index (χ2v) is 4.47. The molecule has 1 saturated heterocycles. The third kappa shape index (κ3) is 2.42. The Labute approximate surface area is 101 Å². The van der Waals surface area contributed by atoms with Crippen LogP contribution < -0.4 is 5.73 Å². The van der Waals surface area contributed by atoms with E-state index in [1.54, 1.807) is 13.2 Å². The zero-order valence-corrected chi connectivity index (χ0v) is 10.3. The lowest BCUT2D eigenvalue weighted by molar-refractivity contribution is 0.0723. The van der Waals surface area contributed by atoms with Gasteiger partial charge in [0.25, 0.3) is 5.91 Å². The van der Waals surface area contributed by atoms with E-state index in [9.17, 15) is 4.79 Å². The third-order valence-corrected chi connectivity index (χ3v) is 3.26. The Morgan fingerprint density at radius 1 is 1.53 bits per heavy atom. The molecular formula is C13H18N2O2. The molecule has 0 spiro atoms. The second kappa shape index (κ2) is 4.75. The normalized spacial score (nSPS) is 19.6. The number of carbonyl (C=O) groups is 1. The number of likely N-dealkylation sites (tertiary alicyclic amines) is 1. The standard InChI is InChI=1S/C13H18N2O2/c1-9-3-4-10(14)7-12(9)13(16)15-6-5-11(8-15)17-2/h3-4,7,11H,5-6,8,14H2,1-2H3. The number of nitrogens with zero attached hydrogens (tertiary/aromatic N) is 1. The number of rotatable bonds is 2. The summed E-state index contributed by atoms with van der Waals surface area (Å²) >= 11 is 0. The van der Waals surface area contributed by atoms with Crippen molar-refractivity contribution in [1.82, 2.24) is 4.90 Å². The fourth-order valence-electron chi connectivity index (χ4n) is 2.15. The lowest BCUT2D eigenvalue weighted by Gasteiger charge is -2.17. The summed E-state index contributed by atoms with van der Waals surface area (Å²) in [7, 11) is 1.68. The number of nitrogens with two attached hydrogens (primary N) is 1. The number of hydrogen-bond acceptors (Lipinski definition) is 3. The number of ether oxygens (including phenoxy) is 1. The van der Waals surface area contributed by atoms with Gasteiger partial charge in [0, 0.05) is 31.5 Å². The van der Waals surface area contributed by atoms with Crippen molar-refractivity contribution < 1.29 is 9.53 Å². The Kier molecular flexibility index (Phi) is 3.33. The van der Waals surface area contributed by atoms with Crippen molar-refractivity contribution in [1.29, 1.82) is 0 Å². The number of methoxy groups -OCH3 is 1. The zero-order chi connectivity index (χ0) is 12.4. The number of nitrogen functional groups attached to an aromatic ring is 1. The Hall–Kier alpha value is -1.55. The molecular weight excluding hydrogens is 216 g/mol. The number of aryl methyl sites for hydroxylation is 1. The summed E-state index contributed by atoms with van der Waals surface area (Å²) in [5.41, 5.74) is 8.01. The van der Waals surface area contributed by atoms with Crippen LogP contribution in [0.1, 0.15) is 22.3 Å². The van der Waals surface area contributed by atoms with E-state index in [4.69, 9.17) is 10.5 Å². The van der Waals surface area contributed by atoms with Gasteiger partial charge in [-0.3, -0.25) is 4.79 Å². The van der Waals surface area contributed by atoms with Crippen LogP contribution in [-0.4, -0.2) is 37.1 Å². The van der Waals surface area contributed by atoms with E-state index in [2.05, 4.69) is 0 Å². The van der Waals surface area contributed by atoms with Crippen molar-refractivity contribution in [3.05, 3.63) is 29.3 Å². The van der Waals surface area contributed by atoms with Crippen molar-refractivity contribution >= 4 is 11.6 Å². The van der Waals surface area contributed by atoms with Crippen molar-refractivity contribution in [3.63, 3.8) is 0 Å². The minimum absolute atomic E-state index is 0.0503. The van der Waals surface area contributed by atoms with Gasteiger partial charge in [0.05, 0.1) is 6.10 Å². The van der Waals surface area contributed by atoms with E-state index in [1.165, 1.54) is 0 Å². The van der Waals surface area contributed by atoms with Crippen LogP contribution in [0.2, 0.25) is 0 Å².